The molecule has 30 heavy (non-hydrogen) atoms. The van der Waals surface area contributed by atoms with Crippen LogP contribution in [-0.2, 0) is 4.79 Å². The Bertz CT molecular complexity index is 1210. The summed E-state index contributed by atoms with van der Waals surface area (Å²) < 4.78 is 7.49. The summed E-state index contributed by atoms with van der Waals surface area (Å²) in [6.45, 7) is -0.0266. The molecule has 2 aromatic carbocycles. The second-order valence-electron chi connectivity index (χ2n) is 6.84. The van der Waals surface area contributed by atoms with Crippen LogP contribution >= 0.6 is 11.6 Å². The number of halogens is 1. The molecule has 0 fully saturated rings. The fourth-order valence-electron chi connectivity index (χ4n) is 2.89. The highest BCUT2D eigenvalue weighted by atomic mass is 35.5. The number of imidazole rings is 1. The van der Waals surface area contributed by atoms with Crippen LogP contribution < -0.4 is 10.1 Å². The maximum absolute atomic E-state index is 11.8. The Kier molecular flexibility index (Phi) is 5.54. The fourth-order valence-corrected chi connectivity index (χ4v) is 3.12. The van der Waals surface area contributed by atoms with E-state index in [0.717, 1.165) is 16.9 Å². The van der Waals surface area contributed by atoms with Crippen molar-refractivity contribution in [2.75, 3.05) is 26.0 Å². The van der Waals surface area contributed by atoms with Gasteiger partial charge in [0.25, 0.3) is 5.91 Å². The van der Waals surface area contributed by atoms with E-state index >= 15 is 0 Å². The summed E-state index contributed by atoms with van der Waals surface area (Å²) in [5.41, 5.74) is 2.99. The maximum Gasteiger partial charge on any atom is 0.259 e. The lowest BCUT2D eigenvalue weighted by Crippen LogP contribution is -2.27. The molecule has 1 amide bonds. The fraction of sp³-hybridized carbons (Fsp3) is 0.136. The molecule has 152 valence electrons. The number of ether oxygens (including phenoxy) is 1. The van der Waals surface area contributed by atoms with Gasteiger partial charge in [0.1, 0.15) is 5.75 Å². The average molecular weight is 422 g/mol. The number of hydrogen-bond donors (Lipinski definition) is 1. The van der Waals surface area contributed by atoms with E-state index in [1.165, 1.54) is 4.90 Å². The molecule has 0 aliphatic carbocycles. The lowest BCUT2D eigenvalue weighted by Gasteiger charge is -2.13. The van der Waals surface area contributed by atoms with E-state index in [2.05, 4.69) is 10.3 Å². The molecule has 0 unspecified atom stereocenters. The van der Waals surface area contributed by atoms with Gasteiger partial charge in [-0.2, -0.15) is 0 Å². The molecule has 0 spiro atoms. The van der Waals surface area contributed by atoms with Crippen LogP contribution in [0.3, 0.4) is 0 Å². The molecule has 0 atom stereocenters. The van der Waals surface area contributed by atoms with Crippen LogP contribution in [0.5, 0.6) is 5.75 Å². The van der Waals surface area contributed by atoms with E-state index in [1.54, 1.807) is 26.4 Å². The number of nitrogens with zero attached hydrogens (tertiary/aromatic N) is 4. The second-order valence-corrected chi connectivity index (χ2v) is 7.25. The number of fused-ring (bicyclic) bond motifs is 1. The Labute approximate surface area is 178 Å². The second kappa shape index (κ2) is 8.42. The molecule has 4 aromatic rings. The zero-order chi connectivity index (χ0) is 21.1. The summed E-state index contributed by atoms with van der Waals surface area (Å²) in [4.78, 5) is 22.4. The number of benzene rings is 2. The van der Waals surface area contributed by atoms with Crippen LogP contribution in [0.15, 0.2) is 67.1 Å². The van der Waals surface area contributed by atoms with Crippen LogP contribution in [0, 0.1) is 0 Å². The van der Waals surface area contributed by atoms with Gasteiger partial charge in [-0.05, 0) is 18.2 Å². The van der Waals surface area contributed by atoms with Crippen molar-refractivity contribution >= 4 is 34.7 Å². The molecule has 0 saturated carbocycles. The van der Waals surface area contributed by atoms with Gasteiger partial charge in [0, 0.05) is 50.0 Å². The number of carbonyl (C=O) groups is 1. The summed E-state index contributed by atoms with van der Waals surface area (Å²) in [6.07, 6.45) is 5.46. The number of rotatable bonds is 6. The van der Waals surface area contributed by atoms with Crippen molar-refractivity contribution in [3.8, 4) is 17.0 Å². The maximum atomic E-state index is 11.8. The topological polar surface area (TPSA) is 71.8 Å². The molecule has 4 rings (SSSR count). The van der Waals surface area contributed by atoms with Crippen molar-refractivity contribution in [2.45, 2.75) is 0 Å². The third-order valence-corrected chi connectivity index (χ3v) is 4.81. The largest absolute Gasteiger partial charge is 0.484 e. The molecule has 2 aromatic heterocycles. The zero-order valence-corrected chi connectivity index (χ0v) is 17.3. The first-order valence-electron chi connectivity index (χ1n) is 9.30. The van der Waals surface area contributed by atoms with Crippen LogP contribution in [0.2, 0.25) is 5.02 Å². The smallest absolute Gasteiger partial charge is 0.259 e. The highest BCUT2D eigenvalue weighted by molar-refractivity contribution is 6.33. The van der Waals surface area contributed by atoms with Gasteiger partial charge in [0.2, 0.25) is 0 Å². The van der Waals surface area contributed by atoms with Gasteiger partial charge < -0.3 is 19.4 Å². The Morgan fingerprint density at radius 1 is 1.20 bits per heavy atom. The molecule has 7 nitrogen and oxygen atoms in total. The van der Waals surface area contributed by atoms with Crippen molar-refractivity contribution < 1.29 is 9.53 Å². The first-order chi connectivity index (χ1) is 14.5. The molecule has 0 saturated heterocycles. The molecule has 0 aliphatic heterocycles. The molecule has 1 N–H and O–H groups in total. The van der Waals surface area contributed by atoms with E-state index in [-0.39, 0.29) is 12.5 Å². The van der Waals surface area contributed by atoms with Gasteiger partial charge in [-0.1, -0.05) is 35.9 Å². The molecule has 8 heteroatoms. The first kappa shape index (κ1) is 19.7. The van der Waals surface area contributed by atoms with Gasteiger partial charge in [0.15, 0.2) is 18.1 Å². The summed E-state index contributed by atoms with van der Waals surface area (Å²) >= 11 is 6.37. The molecule has 0 aliphatic rings. The Morgan fingerprint density at radius 2 is 2.03 bits per heavy atom. The van der Waals surface area contributed by atoms with E-state index in [4.69, 9.17) is 21.3 Å². The normalized spacial score (nSPS) is 10.8. The van der Waals surface area contributed by atoms with E-state index in [9.17, 15) is 4.79 Å². The first-order valence-corrected chi connectivity index (χ1v) is 9.68. The van der Waals surface area contributed by atoms with E-state index < -0.39 is 0 Å². The monoisotopic (exact) mass is 421 g/mol. The number of likely N-dealkylation sites (N-methyl/N-ethyl adjacent to an activating group) is 1. The molecule has 2 heterocycles. The minimum atomic E-state index is -0.110. The molecule has 0 radical (unpaired) electrons. The number of amides is 1. The highest BCUT2D eigenvalue weighted by Crippen LogP contribution is 2.29. The van der Waals surface area contributed by atoms with Gasteiger partial charge in [-0.25, -0.2) is 9.97 Å². The van der Waals surface area contributed by atoms with Gasteiger partial charge >= 0.3 is 0 Å². The number of aromatic nitrogens is 3. The Balaban J connectivity index is 1.64. The van der Waals surface area contributed by atoms with Crippen LogP contribution in [0.4, 0.5) is 11.5 Å². The minimum absolute atomic E-state index is 0.0266. The highest BCUT2D eigenvalue weighted by Gasteiger charge is 2.12. The van der Waals surface area contributed by atoms with E-state index in [1.807, 2.05) is 59.3 Å². The third-order valence-electron chi connectivity index (χ3n) is 4.48. The standard InChI is InChI=1S/C22H20ClN5O2/c1-27(2)20(29)14-30-16-7-5-6-15(12-16)25-21-22-24-10-11-28(22)13-19(26-21)17-8-3-4-9-18(17)23/h3-13H,14H2,1-2H3,(H,25,26). The van der Waals surface area contributed by atoms with Crippen molar-refractivity contribution in [3.05, 3.63) is 72.1 Å². The van der Waals surface area contributed by atoms with Crippen LogP contribution in [0.25, 0.3) is 16.9 Å². The van der Waals surface area contributed by atoms with Crippen molar-refractivity contribution in [1.82, 2.24) is 19.3 Å². The predicted octanol–water partition coefficient (Wildman–Crippen LogP) is 4.26. The molecular weight excluding hydrogens is 402 g/mol. The van der Waals surface area contributed by atoms with Crippen molar-refractivity contribution in [1.29, 1.82) is 0 Å². The van der Waals surface area contributed by atoms with Gasteiger partial charge in [-0.3, -0.25) is 4.79 Å². The summed E-state index contributed by atoms with van der Waals surface area (Å²) in [5, 5.41) is 3.92. The summed E-state index contributed by atoms with van der Waals surface area (Å²) in [5.74, 6) is 1.05. The van der Waals surface area contributed by atoms with Crippen molar-refractivity contribution in [2.24, 2.45) is 0 Å². The number of anilines is 2. The number of carbonyl (C=O) groups excluding carboxylic acids is 1. The predicted molar refractivity (Wildman–Crippen MR) is 117 cm³/mol. The summed E-state index contributed by atoms with van der Waals surface area (Å²) in [6, 6.07) is 14.9. The zero-order valence-electron chi connectivity index (χ0n) is 16.5. The lowest BCUT2D eigenvalue weighted by molar-refractivity contribution is -0.130. The minimum Gasteiger partial charge on any atom is -0.484 e. The average Bonchev–Trinajstić information content (AvgIpc) is 3.21. The summed E-state index contributed by atoms with van der Waals surface area (Å²) in [7, 11) is 3.38. The third kappa shape index (κ3) is 4.21. The van der Waals surface area contributed by atoms with Crippen LogP contribution in [0.1, 0.15) is 0 Å². The lowest BCUT2D eigenvalue weighted by atomic mass is 10.1. The SMILES string of the molecule is CN(C)C(=O)COc1cccc(Nc2nc(-c3ccccc3Cl)cn3ccnc23)c1. The number of nitrogens with one attached hydrogen (secondary N) is 1. The van der Waals surface area contributed by atoms with Crippen molar-refractivity contribution in [3.63, 3.8) is 0 Å². The number of hydrogen-bond acceptors (Lipinski definition) is 5. The Hall–Kier alpha value is -3.58. The molecule has 0 bridgehead atoms. The quantitative estimate of drug-likeness (QED) is 0.503. The van der Waals surface area contributed by atoms with Crippen LogP contribution in [-0.4, -0.2) is 45.9 Å². The van der Waals surface area contributed by atoms with E-state index in [0.29, 0.717) is 22.2 Å². The van der Waals surface area contributed by atoms with Gasteiger partial charge in [-0.15, -0.1) is 0 Å². The Morgan fingerprint density at radius 3 is 2.83 bits per heavy atom. The molecular formula is C22H20ClN5O2. The van der Waals surface area contributed by atoms with Gasteiger partial charge in [0.05, 0.1) is 10.7 Å².